The van der Waals surface area contributed by atoms with E-state index in [1.54, 1.807) is 12.1 Å². The summed E-state index contributed by atoms with van der Waals surface area (Å²) in [5.74, 6) is 0.918. The summed E-state index contributed by atoms with van der Waals surface area (Å²) in [6, 6.07) is 12.1. The number of morpholine rings is 1. The van der Waals surface area contributed by atoms with Gasteiger partial charge in [0.2, 0.25) is 0 Å². The lowest BCUT2D eigenvalue weighted by molar-refractivity contribution is -0.137. The molecule has 1 saturated carbocycles. The van der Waals surface area contributed by atoms with Crippen LogP contribution in [0.4, 0.5) is 10.2 Å². The molecule has 1 aliphatic heterocycles. The molecule has 5 rings (SSSR count). The Hall–Kier alpha value is -3.66. The second kappa shape index (κ2) is 10.5. The number of benzene rings is 2. The third-order valence-corrected chi connectivity index (χ3v) is 6.65. The van der Waals surface area contributed by atoms with Gasteiger partial charge in [0.1, 0.15) is 35.3 Å². The van der Waals surface area contributed by atoms with Gasteiger partial charge in [-0.2, -0.15) is 4.68 Å². The van der Waals surface area contributed by atoms with Crippen molar-refractivity contribution in [3.05, 3.63) is 59.5 Å². The molecule has 2 heterocycles. The highest BCUT2D eigenvalue weighted by atomic mass is 19.1. The Morgan fingerprint density at radius 1 is 1.19 bits per heavy atom. The molecule has 3 aromatic rings. The van der Waals surface area contributed by atoms with E-state index in [2.05, 4.69) is 15.2 Å². The number of carboxylic acids is 1. The average molecular weight is 497 g/mol. The molecule has 0 amide bonds. The van der Waals surface area contributed by atoms with E-state index in [1.807, 2.05) is 24.3 Å². The molecule has 36 heavy (non-hydrogen) atoms. The Bertz CT molecular complexity index is 1220. The van der Waals surface area contributed by atoms with Crippen LogP contribution >= 0.6 is 0 Å². The number of aliphatic carboxylic acids is 1. The molecule has 1 aliphatic carbocycles. The second-order valence-electron chi connectivity index (χ2n) is 9.09. The van der Waals surface area contributed by atoms with Gasteiger partial charge < -0.3 is 24.2 Å². The smallest absolute Gasteiger partial charge is 0.303 e. The van der Waals surface area contributed by atoms with Crippen LogP contribution < -0.4 is 14.4 Å². The maximum absolute atomic E-state index is 14.8. The number of hydrogen-bond donors (Lipinski definition) is 1. The monoisotopic (exact) mass is 496 g/mol. The minimum Gasteiger partial charge on any atom is -0.497 e. The summed E-state index contributed by atoms with van der Waals surface area (Å²) >= 11 is 0. The third kappa shape index (κ3) is 5.28. The van der Waals surface area contributed by atoms with Crippen LogP contribution in [0.2, 0.25) is 0 Å². The minimum atomic E-state index is -0.797. The summed E-state index contributed by atoms with van der Waals surface area (Å²) < 4.78 is 33.2. The van der Waals surface area contributed by atoms with Gasteiger partial charge in [0.05, 0.1) is 26.7 Å². The van der Waals surface area contributed by atoms with Gasteiger partial charge in [-0.15, -0.1) is 5.10 Å². The summed E-state index contributed by atoms with van der Waals surface area (Å²) in [5.41, 5.74) is 1.76. The fourth-order valence-corrected chi connectivity index (χ4v) is 4.67. The Labute approximate surface area is 208 Å². The number of nitrogens with zero attached hydrogens (tertiary/aromatic N) is 4. The van der Waals surface area contributed by atoms with Crippen molar-refractivity contribution in [3.63, 3.8) is 0 Å². The topological polar surface area (TPSA) is 98.9 Å². The number of methoxy groups -OCH3 is 1. The SMILES string of the molecule is COc1ccc(F)c(-n2nnc(COc3cccc([C@@H](CC(=O)O)C4CC4)c3)c2N2CCOCC2)c1. The standard InChI is InChI=1S/C26H29FN4O5/c1-34-19-7-8-22(27)24(14-19)31-26(30-9-11-35-12-10-30)23(28-29-31)16-36-20-4-2-3-18(13-20)21(15-25(32)33)17-5-6-17/h2-4,7-8,13-14,17,21H,5-6,9-12,15-16H2,1H3,(H,32,33)/t21-/m0/s1. The second-order valence-corrected chi connectivity index (χ2v) is 9.09. The van der Waals surface area contributed by atoms with E-state index in [1.165, 1.54) is 17.9 Å². The lowest BCUT2D eigenvalue weighted by Crippen LogP contribution is -2.38. The fraction of sp³-hybridized carbons (Fsp3) is 0.423. The van der Waals surface area contributed by atoms with Gasteiger partial charge in [0, 0.05) is 19.2 Å². The zero-order valence-corrected chi connectivity index (χ0v) is 20.1. The summed E-state index contributed by atoms with van der Waals surface area (Å²) in [7, 11) is 1.53. The van der Waals surface area contributed by atoms with E-state index in [0.29, 0.717) is 55.2 Å². The summed E-state index contributed by atoms with van der Waals surface area (Å²) in [6.45, 7) is 2.43. The normalized spacial score (nSPS) is 16.6. The maximum atomic E-state index is 14.8. The molecule has 1 saturated heterocycles. The largest absolute Gasteiger partial charge is 0.497 e. The van der Waals surface area contributed by atoms with Crippen LogP contribution in [0.5, 0.6) is 11.5 Å². The number of carboxylic acid groups (broad SMARTS) is 1. The predicted molar refractivity (Wildman–Crippen MR) is 129 cm³/mol. The summed E-state index contributed by atoms with van der Waals surface area (Å²) in [4.78, 5) is 13.4. The molecule has 0 spiro atoms. The molecule has 2 aliphatic rings. The van der Waals surface area contributed by atoms with Crippen LogP contribution in [-0.4, -0.2) is 59.5 Å². The number of aromatic nitrogens is 3. The quantitative estimate of drug-likeness (QED) is 0.453. The van der Waals surface area contributed by atoms with Crippen molar-refractivity contribution in [3.8, 4) is 17.2 Å². The van der Waals surface area contributed by atoms with E-state index in [0.717, 1.165) is 18.4 Å². The van der Waals surface area contributed by atoms with E-state index >= 15 is 0 Å². The number of anilines is 1. The van der Waals surface area contributed by atoms with Crippen LogP contribution in [0.25, 0.3) is 5.69 Å². The van der Waals surface area contributed by atoms with Gasteiger partial charge in [0.25, 0.3) is 0 Å². The van der Waals surface area contributed by atoms with Crippen molar-refractivity contribution in [2.24, 2.45) is 5.92 Å². The molecule has 2 fully saturated rings. The molecule has 2 aromatic carbocycles. The Morgan fingerprint density at radius 3 is 2.72 bits per heavy atom. The predicted octanol–water partition coefficient (Wildman–Crippen LogP) is 3.80. The molecule has 0 unspecified atom stereocenters. The van der Waals surface area contributed by atoms with E-state index in [-0.39, 0.29) is 24.6 Å². The van der Waals surface area contributed by atoms with Crippen LogP contribution in [-0.2, 0) is 16.1 Å². The summed E-state index contributed by atoms with van der Waals surface area (Å²) in [5, 5.41) is 17.9. The molecular weight excluding hydrogens is 467 g/mol. The molecule has 1 aromatic heterocycles. The Kier molecular flexibility index (Phi) is 7.04. The van der Waals surface area contributed by atoms with E-state index in [4.69, 9.17) is 14.2 Å². The fourth-order valence-electron chi connectivity index (χ4n) is 4.67. The van der Waals surface area contributed by atoms with Crippen LogP contribution in [0.1, 0.15) is 36.4 Å². The number of hydrogen-bond acceptors (Lipinski definition) is 7. The first kappa shape index (κ1) is 24.1. The van der Waals surface area contributed by atoms with Crippen molar-refractivity contribution >= 4 is 11.8 Å². The highest BCUT2D eigenvalue weighted by Gasteiger charge is 2.34. The van der Waals surface area contributed by atoms with Gasteiger partial charge in [0.15, 0.2) is 5.82 Å². The maximum Gasteiger partial charge on any atom is 0.303 e. The first-order chi connectivity index (χ1) is 17.5. The first-order valence-electron chi connectivity index (χ1n) is 12.1. The number of carbonyl (C=O) groups is 1. The van der Waals surface area contributed by atoms with Gasteiger partial charge >= 0.3 is 5.97 Å². The first-order valence-corrected chi connectivity index (χ1v) is 12.1. The average Bonchev–Trinajstić information content (AvgIpc) is 3.65. The van der Waals surface area contributed by atoms with Gasteiger partial charge in [-0.05, 0) is 54.5 Å². The van der Waals surface area contributed by atoms with Crippen LogP contribution in [0.15, 0.2) is 42.5 Å². The lowest BCUT2D eigenvalue weighted by Gasteiger charge is -2.29. The third-order valence-electron chi connectivity index (χ3n) is 6.65. The molecule has 0 radical (unpaired) electrons. The van der Waals surface area contributed by atoms with Crippen LogP contribution in [0.3, 0.4) is 0 Å². The van der Waals surface area contributed by atoms with Crippen molar-refractivity contribution < 1.29 is 28.5 Å². The zero-order chi connectivity index (χ0) is 25.1. The molecule has 10 heteroatoms. The molecular formula is C26H29FN4O5. The van der Waals surface area contributed by atoms with Crippen molar-refractivity contribution in [1.82, 2.24) is 15.0 Å². The van der Waals surface area contributed by atoms with Gasteiger partial charge in [-0.1, -0.05) is 17.3 Å². The highest BCUT2D eigenvalue weighted by molar-refractivity contribution is 5.68. The van der Waals surface area contributed by atoms with Crippen molar-refractivity contribution in [2.75, 3.05) is 38.3 Å². The van der Waals surface area contributed by atoms with E-state index in [9.17, 15) is 14.3 Å². The molecule has 9 nitrogen and oxygen atoms in total. The number of halogens is 1. The Morgan fingerprint density at radius 2 is 2.00 bits per heavy atom. The number of ether oxygens (including phenoxy) is 3. The number of rotatable bonds is 10. The van der Waals surface area contributed by atoms with Crippen molar-refractivity contribution in [2.45, 2.75) is 31.8 Å². The van der Waals surface area contributed by atoms with E-state index < -0.39 is 11.8 Å². The highest BCUT2D eigenvalue weighted by Crippen LogP contribution is 2.45. The van der Waals surface area contributed by atoms with Crippen molar-refractivity contribution in [1.29, 1.82) is 0 Å². The molecule has 1 N–H and O–H groups in total. The Balaban J connectivity index is 1.42. The summed E-state index contributed by atoms with van der Waals surface area (Å²) in [6.07, 6.45) is 2.21. The molecule has 190 valence electrons. The van der Waals surface area contributed by atoms with Gasteiger partial charge in [-0.25, -0.2) is 4.39 Å². The molecule has 0 bridgehead atoms. The van der Waals surface area contributed by atoms with Crippen LogP contribution in [0, 0.1) is 11.7 Å². The van der Waals surface area contributed by atoms with Gasteiger partial charge in [-0.3, -0.25) is 4.79 Å². The lowest BCUT2D eigenvalue weighted by atomic mass is 9.91. The molecule has 1 atom stereocenters. The minimum absolute atomic E-state index is 0.0214. The zero-order valence-electron chi connectivity index (χ0n) is 20.1.